The zero-order chi connectivity index (χ0) is 23.1. The molecule has 1 N–H and O–H groups in total. The summed E-state index contributed by atoms with van der Waals surface area (Å²) in [5.41, 5.74) is 3.56. The van der Waals surface area contributed by atoms with E-state index >= 15 is 0 Å². The van der Waals surface area contributed by atoms with Gasteiger partial charge < -0.3 is 10.1 Å². The molecule has 7 nitrogen and oxygen atoms in total. The third-order valence-corrected chi connectivity index (χ3v) is 7.36. The van der Waals surface area contributed by atoms with Crippen LogP contribution in [0.1, 0.15) is 70.2 Å². The molecule has 0 radical (unpaired) electrons. The monoisotopic (exact) mass is 468 g/mol. The lowest BCUT2D eigenvalue weighted by atomic mass is 10.1. The minimum Gasteiger partial charge on any atom is -0.462 e. The van der Waals surface area contributed by atoms with E-state index in [9.17, 15) is 20.1 Å². The van der Waals surface area contributed by atoms with E-state index in [-0.39, 0.29) is 24.5 Å². The molecule has 0 saturated heterocycles. The van der Waals surface area contributed by atoms with E-state index < -0.39 is 5.97 Å². The molecule has 0 bridgehead atoms. The van der Waals surface area contributed by atoms with Gasteiger partial charge in [0.15, 0.2) is 0 Å². The Morgan fingerprint density at radius 3 is 2.75 bits per heavy atom. The Kier molecular flexibility index (Phi) is 8.26. The van der Waals surface area contributed by atoms with Crippen molar-refractivity contribution < 1.29 is 14.3 Å². The number of thioether (sulfide) groups is 1. The molecule has 0 saturated carbocycles. The van der Waals surface area contributed by atoms with Crippen LogP contribution in [0.4, 0.5) is 5.00 Å². The fourth-order valence-corrected chi connectivity index (χ4v) is 5.52. The second-order valence-corrected chi connectivity index (χ2v) is 9.46. The van der Waals surface area contributed by atoms with Crippen molar-refractivity contribution in [3.05, 3.63) is 38.9 Å². The van der Waals surface area contributed by atoms with Crippen molar-refractivity contribution in [2.75, 3.05) is 17.7 Å². The number of nitrogens with zero attached hydrogens (tertiary/aromatic N) is 3. The summed E-state index contributed by atoms with van der Waals surface area (Å²) in [7, 11) is 0. The molecule has 0 fully saturated rings. The fourth-order valence-electron chi connectivity index (χ4n) is 3.54. The number of thiophene rings is 1. The van der Waals surface area contributed by atoms with Crippen LogP contribution in [0.25, 0.3) is 0 Å². The molecule has 0 aliphatic heterocycles. The molecule has 2 aromatic heterocycles. The molecule has 0 aromatic carbocycles. The maximum absolute atomic E-state index is 12.5. The van der Waals surface area contributed by atoms with Crippen LogP contribution >= 0.6 is 23.1 Å². The number of pyridine rings is 1. The molecular weight excluding hydrogens is 444 g/mol. The summed E-state index contributed by atoms with van der Waals surface area (Å²) >= 11 is 2.44. The van der Waals surface area contributed by atoms with Crippen LogP contribution in [-0.2, 0) is 22.4 Å². The molecular formula is C23H24N4O3S2. The molecule has 0 atom stereocenters. The molecule has 3 rings (SSSR count). The number of aromatic nitrogens is 1. The molecule has 1 aliphatic rings. The van der Waals surface area contributed by atoms with Gasteiger partial charge in [-0.3, -0.25) is 4.79 Å². The van der Waals surface area contributed by atoms with Crippen molar-refractivity contribution in [2.45, 2.75) is 57.4 Å². The van der Waals surface area contributed by atoms with Crippen LogP contribution in [0, 0.1) is 29.6 Å². The van der Waals surface area contributed by atoms with Crippen molar-refractivity contribution in [1.82, 2.24) is 4.98 Å². The smallest absolute Gasteiger partial charge is 0.348 e. The van der Waals surface area contributed by atoms with E-state index in [0.717, 1.165) is 48.3 Å². The molecule has 1 aliphatic carbocycles. The van der Waals surface area contributed by atoms with Crippen LogP contribution in [0.5, 0.6) is 0 Å². The van der Waals surface area contributed by atoms with Gasteiger partial charge in [0.2, 0.25) is 5.91 Å². The summed E-state index contributed by atoms with van der Waals surface area (Å²) in [6.07, 6.45) is 5.47. The van der Waals surface area contributed by atoms with Crippen molar-refractivity contribution in [3.8, 4) is 12.1 Å². The maximum Gasteiger partial charge on any atom is 0.348 e. The summed E-state index contributed by atoms with van der Waals surface area (Å²) in [5.74, 6) is -0.316. The standard InChI is InChI=1S/C23H24N4O3S2/c1-3-30-23(29)20-14(2)17(13-25)22(32-20)27-19(28)9-10-31-21-16(12-24)11-15-7-5-4-6-8-18(15)26-21/h11H,3-10H2,1-2H3,(H,27,28). The van der Waals surface area contributed by atoms with E-state index in [1.807, 2.05) is 6.07 Å². The first-order valence-corrected chi connectivity index (χ1v) is 12.3. The van der Waals surface area contributed by atoms with Gasteiger partial charge in [-0.15, -0.1) is 23.1 Å². The van der Waals surface area contributed by atoms with Gasteiger partial charge in [-0.1, -0.05) is 6.42 Å². The highest BCUT2D eigenvalue weighted by molar-refractivity contribution is 7.99. The Morgan fingerprint density at radius 1 is 1.25 bits per heavy atom. The lowest BCUT2D eigenvalue weighted by molar-refractivity contribution is -0.115. The Hall–Kier alpha value is -2.88. The largest absolute Gasteiger partial charge is 0.462 e. The Bertz CT molecular complexity index is 1110. The zero-order valence-corrected chi connectivity index (χ0v) is 19.8. The van der Waals surface area contributed by atoms with E-state index in [4.69, 9.17) is 9.72 Å². The van der Waals surface area contributed by atoms with Crippen molar-refractivity contribution in [3.63, 3.8) is 0 Å². The first-order valence-electron chi connectivity index (χ1n) is 10.5. The van der Waals surface area contributed by atoms with Crippen LogP contribution < -0.4 is 5.32 Å². The lowest BCUT2D eigenvalue weighted by Gasteiger charge is -2.10. The van der Waals surface area contributed by atoms with E-state index in [1.54, 1.807) is 13.8 Å². The molecule has 32 heavy (non-hydrogen) atoms. The normalized spacial score (nSPS) is 12.8. The Morgan fingerprint density at radius 2 is 2.03 bits per heavy atom. The summed E-state index contributed by atoms with van der Waals surface area (Å²) in [5, 5.41) is 22.7. The van der Waals surface area contributed by atoms with E-state index in [1.165, 1.54) is 18.2 Å². The van der Waals surface area contributed by atoms with Crippen molar-refractivity contribution in [2.24, 2.45) is 0 Å². The SMILES string of the molecule is CCOC(=O)c1sc(NC(=O)CCSc2nc3c(cc2C#N)CCCCC3)c(C#N)c1C. The van der Waals surface area contributed by atoms with Crippen molar-refractivity contribution in [1.29, 1.82) is 10.5 Å². The lowest BCUT2D eigenvalue weighted by Crippen LogP contribution is -2.12. The predicted molar refractivity (Wildman–Crippen MR) is 124 cm³/mol. The van der Waals surface area contributed by atoms with Gasteiger partial charge in [0.05, 0.1) is 17.7 Å². The number of fused-ring (bicyclic) bond motifs is 1. The number of aryl methyl sites for hydroxylation is 2. The number of amides is 1. The first-order chi connectivity index (χ1) is 15.5. The number of carbonyl (C=O) groups excluding carboxylic acids is 2. The number of carbonyl (C=O) groups is 2. The Balaban J connectivity index is 1.65. The molecule has 2 aromatic rings. The zero-order valence-electron chi connectivity index (χ0n) is 18.1. The third kappa shape index (κ3) is 5.48. The molecule has 2 heterocycles. The number of nitrogens with one attached hydrogen (secondary N) is 1. The van der Waals surface area contributed by atoms with Gasteiger partial charge in [0.25, 0.3) is 0 Å². The number of anilines is 1. The fraction of sp³-hybridized carbons (Fsp3) is 0.435. The topological polar surface area (TPSA) is 116 Å². The van der Waals surface area contributed by atoms with Gasteiger partial charge in [-0.05, 0) is 56.7 Å². The highest BCUT2D eigenvalue weighted by Gasteiger charge is 2.22. The minimum absolute atomic E-state index is 0.185. The number of hydrogen-bond acceptors (Lipinski definition) is 8. The summed E-state index contributed by atoms with van der Waals surface area (Å²) in [4.78, 5) is 29.6. The molecule has 9 heteroatoms. The van der Waals surface area contributed by atoms with Gasteiger partial charge in [-0.25, -0.2) is 9.78 Å². The minimum atomic E-state index is -0.499. The number of hydrogen-bond donors (Lipinski definition) is 1. The average Bonchev–Trinajstić information content (AvgIpc) is 2.93. The van der Waals surface area contributed by atoms with Crippen LogP contribution in [-0.4, -0.2) is 29.2 Å². The number of rotatable bonds is 7. The van der Waals surface area contributed by atoms with Gasteiger partial charge in [-0.2, -0.15) is 10.5 Å². The summed E-state index contributed by atoms with van der Waals surface area (Å²) in [6.45, 7) is 3.61. The maximum atomic E-state index is 12.5. The predicted octanol–water partition coefficient (Wildman–Crippen LogP) is 4.76. The molecule has 0 unspecified atom stereocenters. The average molecular weight is 469 g/mol. The highest BCUT2D eigenvalue weighted by atomic mass is 32.2. The second kappa shape index (κ2) is 11.1. The number of nitriles is 2. The first kappa shape index (κ1) is 23.8. The quantitative estimate of drug-likeness (QED) is 0.354. The summed E-state index contributed by atoms with van der Waals surface area (Å²) in [6, 6.07) is 6.23. The Labute approximate surface area is 195 Å². The second-order valence-electron chi connectivity index (χ2n) is 7.36. The molecule has 0 spiro atoms. The highest BCUT2D eigenvalue weighted by Crippen LogP contribution is 2.33. The van der Waals surface area contributed by atoms with Crippen molar-refractivity contribution >= 4 is 40.0 Å². The third-order valence-electron chi connectivity index (χ3n) is 5.18. The van der Waals surface area contributed by atoms with Crippen LogP contribution in [0.15, 0.2) is 11.1 Å². The van der Waals surface area contributed by atoms with Gasteiger partial charge >= 0.3 is 5.97 Å². The van der Waals surface area contributed by atoms with Crippen LogP contribution in [0.3, 0.4) is 0 Å². The van der Waals surface area contributed by atoms with Crippen LogP contribution in [0.2, 0.25) is 0 Å². The molecule has 166 valence electrons. The van der Waals surface area contributed by atoms with Gasteiger partial charge in [0, 0.05) is 17.9 Å². The number of esters is 1. The summed E-state index contributed by atoms with van der Waals surface area (Å²) < 4.78 is 5.02. The van der Waals surface area contributed by atoms with E-state index in [2.05, 4.69) is 17.5 Å². The molecule has 1 amide bonds. The van der Waals surface area contributed by atoms with E-state index in [0.29, 0.717) is 31.8 Å². The van der Waals surface area contributed by atoms with Gasteiger partial charge in [0.1, 0.15) is 27.0 Å². The number of ether oxygens (including phenoxy) is 1.